The van der Waals surface area contributed by atoms with Gasteiger partial charge >= 0.3 is 0 Å². The highest BCUT2D eigenvalue weighted by molar-refractivity contribution is 5.94. The summed E-state index contributed by atoms with van der Waals surface area (Å²) >= 11 is 0. The van der Waals surface area contributed by atoms with Gasteiger partial charge in [-0.15, -0.1) is 0 Å². The molecule has 1 amide bonds. The monoisotopic (exact) mass is 499 g/mol. The first kappa shape index (κ1) is 24.4. The molecule has 1 aromatic heterocycles. The molecule has 1 N–H and O–H groups in total. The molecule has 2 fully saturated rings. The zero-order chi connectivity index (χ0) is 25.8. The Bertz CT molecular complexity index is 1290. The van der Waals surface area contributed by atoms with Crippen molar-refractivity contribution in [3.05, 3.63) is 82.9 Å². The summed E-state index contributed by atoms with van der Waals surface area (Å²) in [6, 6.07) is 17.2. The van der Waals surface area contributed by atoms with E-state index in [1.807, 2.05) is 4.68 Å². The maximum Gasteiger partial charge on any atom is 0.272 e. The molecule has 4 atom stereocenters. The Morgan fingerprint density at radius 3 is 2.54 bits per heavy atom. The number of carbonyl (C=O) groups is 1. The highest BCUT2D eigenvalue weighted by Crippen LogP contribution is 2.62. The van der Waals surface area contributed by atoms with Crippen LogP contribution in [0.25, 0.3) is 5.69 Å². The molecule has 2 aromatic carbocycles. The molecule has 194 valence electrons. The molecular formula is C32H38FN3O. The third-order valence-electron chi connectivity index (χ3n) is 9.85. The molecule has 37 heavy (non-hydrogen) atoms. The summed E-state index contributed by atoms with van der Waals surface area (Å²) in [5, 5.41) is 8.43. The van der Waals surface area contributed by atoms with Gasteiger partial charge in [-0.1, -0.05) is 51.1 Å². The Morgan fingerprint density at radius 2 is 1.84 bits per heavy atom. The smallest absolute Gasteiger partial charge is 0.272 e. The van der Waals surface area contributed by atoms with Crippen molar-refractivity contribution in [2.75, 3.05) is 0 Å². The summed E-state index contributed by atoms with van der Waals surface area (Å²) in [5.41, 5.74) is 5.16. The molecule has 0 radical (unpaired) electrons. The number of aryl methyl sites for hydroxylation is 1. The van der Waals surface area contributed by atoms with Gasteiger partial charge < -0.3 is 5.32 Å². The Morgan fingerprint density at radius 1 is 1.08 bits per heavy atom. The highest BCUT2D eigenvalue weighted by Gasteiger charge is 2.59. The predicted octanol–water partition coefficient (Wildman–Crippen LogP) is 7.01. The van der Waals surface area contributed by atoms with E-state index >= 15 is 0 Å². The number of aromatic nitrogens is 2. The second-order valence-corrected chi connectivity index (χ2v) is 12.5. The number of nitrogens with one attached hydrogen (secondary N) is 1. The summed E-state index contributed by atoms with van der Waals surface area (Å²) in [6.45, 7) is 6.98. The maximum absolute atomic E-state index is 13.9. The van der Waals surface area contributed by atoms with E-state index in [-0.39, 0.29) is 28.6 Å². The van der Waals surface area contributed by atoms with Crippen LogP contribution in [0.3, 0.4) is 0 Å². The van der Waals surface area contributed by atoms with Gasteiger partial charge in [-0.05, 0) is 97.9 Å². The lowest BCUT2D eigenvalue weighted by atomic mass is 9.68. The zero-order valence-corrected chi connectivity index (χ0v) is 22.3. The van der Waals surface area contributed by atoms with E-state index in [9.17, 15) is 9.18 Å². The van der Waals surface area contributed by atoms with Crippen LogP contribution in [0.1, 0.15) is 92.5 Å². The van der Waals surface area contributed by atoms with E-state index in [0.717, 1.165) is 49.0 Å². The highest BCUT2D eigenvalue weighted by atomic mass is 19.1. The minimum Gasteiger partial charge on any atom is -0.347 e. The molecular weight excluding hydrogens is 461 g/mol. The summed E-state index contributed by atoms with van der Waals surface area (Å²) in [5.74, 6) is 0.651. The molecule has 5 heteroatoms. The molecule has 2 bridgehead atoms. The summed E-state index contributed by atoms with van der Waals surface area (Å²) in [4.78, 5) is 13.9. The van der Waals surface area contributed by atoms with Crippen molar-refractivity contribution in [1.82, 2.24) is 15.1 Å². The number of amides is 1. The quantitative estimate of drug-likeness (QED) is 0.397. The molecule has 2 saturated carbocycles. The second-order valence-electron chi connectivity index (χ2n) is 12.5. The Labute approximate surface area is 219 Å². The van der Waals surface area contributed by atoms with Crippen molar-refractivity contribution < 1.29 is 9.18 Å². The number of halogens is 1. The Balaban J connectivity index is 1.35. The number of benzene rings is 2. The number of rotatable bonds is 6. The fraction of sp³-hybridized carbons (Fsp3) is 0.500. The van der Waals surface area contributed by atoms with Crippen molar-refractivity contribution in [2.45, 2.75) is 84.1 Å². The van der Waals surface area contributed by atoms with E-state index in [1.165, 1.54) is 37.0 Å². The van der Waals surface area contributed by atoms with Crippen molar-refractivity contribution >= 4 is 5.91 Å². The van der Waals surface area contributed by atoms with Crippen LogP contribution in [0.4, 0.5) is 4.39 Å². The molecule has 4 nitrogen and oxygen atoms in total. The number of hydrogen-bond donors (Lipinski definition) is 1. The van der Waals surface area contributed by atoms with Crippen molar-refractivity contribution in [3.8, 4) is 5.69 Å². The third-order valence-corrected chi connectivity index (χ3v) is 9.85. The standard InChI is InChI=1S/C32H38FN3O/c1-31(2)23-18-19-32(3,20-23)30(31)34-29(37)27-26-11-7-10-22(13-12-21-8-5-4-6-9-21)28(26)36(35-27)25-16-14-24(33)15-17-25/h4-6,8-9,14-17,22-23,30H,7,10-13,18-20H2,1-3H3,(H,34,37). The van der Waals surface area contributed by atoms with Crippen molar-refractivity contribution in [2.24, 2.45) is 16.7 Å². The molecule has 4 unspecified atom stereocenters. The van der Waals surface area contributed by atoms with Crippen LogP contribution >= 0.6 is 0 Å². The topological polar surface area (TPSA) is 46.9 Å². The molecule has 3 aliphatic rings. The summed E-state index contributed by atoms with van der Waals surface area (Å²) in [7, 11) is 0. The van der Waals surface area contributed by atoms with E-state index in [4.69, 9.17) is 5.10 Å². The zero-order valence-electron chi connectivity index (χ0n) is 22.3. The van der Waals surface area contributed by atoms with Gasteiger partial charge in [0.25, 0.3) is 5.91 Å². The average Bonchev–Trinajstić information content (AvgIpc) is 3.54. The second kappa shape index (κ2) is 9.11. The first-order valence-electron chi connectivity index (χ1n) is 14.0. The fourth-order valence-electron chi connectivity index (χ4n) is 7.88. The van der Waals surface area contributed by atoms with Gasteiger partial charge in [0.2, 0.25) is 0 Å². The van der Waals surface area contributed by atoms with Crippen molar-refractivity contribution in [1.29, 1.82) is 0 Å². The number of fused-ring (bicyclic) bond motifs is 3. The van der Waals surface area contributed by atoms with Gasteiger partial charge in [0.1, 0.15) is 5.82 Å². The molecule has 0 spiro atoms. The van der Waals surface area contributed by atoms with Crippen LogP contribution in [0.2, 0.25) is 0 Å². The number of hydrogen-bond acceptors (Lipinski definition) is 2. The first-order chi connectivity index (χ1) is 17.8. The largest absolute Gasteiger partial charge is 0.347 e. The molecule has 0 saturated heterocycles. The van der Waals surface area contributed by atoms with E-state index in [2.05, 4.69) is 56.4 Å². The predicted molar refractivity (Wildman–Crippen MR) is 144 cm³/mol. The summed E-state index contributed by atoms with van der Waals surface area (Å²) in [6.07, 6.45) is 8.59. The molecule has 6 rings (SSSR count). The SMILES string of the molecule is CC12CCC(C1)C(C)(C)C2NC(=O)c1nn(-c2ccc(F)cc2)c2c1CCCC2CCc1ccccc1. The van der Waals surface area contributed by atoms with E-state index in [0.29, 0.717) is 17.5 Å². The van der Waals surface area contributed by atoms with Crippen LogP contribution in [0.15, 0.2) is 54.6 Å². The van der Waals surface area contributed by atoms with Crippen LogP contribution < -0.4 is 5.32 Å². The lowest BCUT2D eigenvalue weighted by Gasteiger charge is -2.43. The molecule has 0 aliphatic heterocycles. The maximum atomic E-state index is 13.9. The van der Waals surface area contributed by atoms with E-state index in [1.54, 1.807) is 12.1 Å². The van der Waals surface area contributed by atoms with Gasteiger partial charge in [-0.3, -0.25) is 4.79 Å². The third kappa shape index (κ3) is 4.20. The van der Waals surface area contributed by atoms with Gasteiger partial charge in [0.15, 0.2) is 5.69 Å². The number of carbonyl (C=O) groups excluding carboxylic acids is 1. The minimum atomic E-state index is -0.268. The number of nitrogens with zero attached hydrogens (tertiary/aromatic N) is 2. The Kier molecular flexibility index (Phi) is 6.00. The molecule has 3 aromatic rings. The Hall–Kier alpha value is -2.95. The summed E-state index contributed by atoms with van der Waals surface area (Å²) < 4.78 is 15.7. The minimum absolute atomic E-state index is 0.0485. The van der Waals surface area contributed by atoms with E-state index < -0.39 is 0 Å². The first-order valence-corrected chi connectivity index (χ1v) is 14.0. The average molecular weight is 500 g/mol. The van der Waals surface area contributed by atoms with Gasteiger partial charge in [0, 0.05) is 17.5 Å². The van der Waals surface area contributed by atoms with Crippen LogP contribution in [-0.2, 0) is 12.8 Å². The lowest BCUT2D eigenvalue weighted by Crippen LogP contribution is -2.52. The van der Waals surface area contributed by atoms with Crippen LogP contribution in [-0.4, -0.2) is 21.7 Å². The fourth-order valence-corrected chi connectivity index (χ4v) is 7.88. The normalized spacial score (nSPS) is 27.7. The van der Waals surface area contributed by atoms with Gasteiger partial charge in [-0.25, -0.2) is 9.07 Å². The van der Waals surface area contributed by atoms with Crippen LogP contribution in [0.5, 0.6) is 0 Å². The van der Waals surface area contributed by atoms with Gasteiger partial charge in [-0.2, -0.15) is 5.10 Å². The molecule has 3 aliphatic carbocycles. The molecule has 1 heterocycles. The lowest BCUT2D eigenvalue weighted by molar-refractivity contribution is 0.0732. The van der Waals surface area contributed by atoms with Crippen LogP contribution in [0, 0.1) is 22.6 Å². The van der Waals surface area contributed by atoms with Gasteiger partial charge in [0.05, 0.1) is 11.4 Å². The van der Waals surface area contributed by atoms with Crippen molar-refractivity contribution in [3.63, 3.8) is 0 Å².